The van der Waals surface area contributed by atoms with Crippen LogP contribution in [-0.4, -0.2) is 42.7 Å². The first kappa shape index (κ1) is 13.9. The molecule has 0 bridgehead atoms. The molecule has 0 aliphatic rings. The van der Waals surface area contributed by atoms with Crippen molar-refractivity contribution in [3.05, 3.63) is 0 Å². The molecule has 0 atom stereocenters. The Kier molecular flexibility index (Phi) is 10.8. The number of aliphatic hydroxyl groups excluding tert-OH is 1. The fourth-order valence-corrected chi connectivity index (χ4v) is 1.29. The van der Waals surface area contributed by atoms with E-state index in [4.69, 9.17) is 9.84 Å². The summed E-state index contributed by atoms with van der Waals surface area (Å²) in [7, 11) is 0. The summed E-state index contributed by atoms with van der Waals surface area (Å²) >= 11 is 3.31. The zero-order chi connectivity index (χ0) is 10.6. The minimum Gasteiger partial charge on any atom is -0.394 e. The van der Waals surface area contributed by atoms with Crippen LogP contribution < -0.4 is 5.32 Å². The number of unbranched alkanes of at least 4 members (excludes halogenated alkanes) is 1. The standard InChI is InChI=1S/C9H18BrNO3/c10-4-2-1-3-9(13)11-5-7-14-8-6-12/h12H,1-8H2,(H,11,13). The van der Waals surface area contributed by atoms with Crippen molar-refractivity contribution in [3.63, 3.8) is 0 Å². The molecule has 0 saturated heterocycles. The van der Waals surface area contributed by atoms with Gasteiger partial charge in [0.1, 0.15) is 0 Å². The number of aliphatic hydroxyl groups is 1. The fraction of sp³-hybridized carbons (Fsp3) is 0.889. The number of amides is 1. The third-order valence-electron chi connectivity index (χ3n) is 1.59. The Morgan fingerprint density at radius 2 is 2.14 bits per heavy atom. The number of rotatable bonds is 9. The van der Waals surface area contributed by atoms with Crippen LogP contribution in [0, 0.1) is 0 Å². The van der Waals surface area contributed by atoms with E-state index < -0.39 is 0 Å². The zero-order valence-corrected chi connectivity index (χ0v) is 9.88. The average Bonchev–Trinajstić information content (AvgIpc) is 2.18. The molecule has 0 spiro atoms. The Labute approximate surface area is 93.1 Å². The van der Waals surface area contributed by atoms with Crippen LogP contribution in [-0.2, 0) is 9.53 Å². The molecule has 14 heavy (non-hydrogen) atoms. The Balaban J connectivity index is 3.10. The van der Waals surface area contributed by atoms with Crippen molar-refractivity contribution in [2.45, 2.75) is 19.3 Å². The molecule has 5 heteroatoms. The van der Waals surface area contributed by atoms with E-state index in [1.807, 2.05) is 0 Å². The fourth-order valence-electron chi connectivity index (χ4n) is 0.898. The van der Waals surface area contributed by atoms with Crippen LogP contribution in [0.5, 0.6) is 0 Å². The Bertz CT molecular complexity index is 144. The van der Waals surface area contributed by atoms with Gasteiger partial charge in [0.25, 0.3) is 0 Å². The van der Waals surface area contributed by atoms with Gasteiger partial charge in [-0.15, -0.1) is 0 Å². The maximum atomic E-state index is 11.1. The van der Waals surface area contributed by atoms with Gasteiger partial charge in [-0.2, -0.15) is 0 Å². The summed E-state index contributed by atoms with van der Waals surface area (Å²) in [5.74, 6) is 0.0681. The monoisotopic (exact) mass is 267 g/mol. The van der Waals surface area contributed by atoms with E-state index in [-0.39, 0.29) is 12.5 Å². The van der Waals surface area contributed by atoms with E-state index in [0.29, 0.717) is 26.2 Å². The number of carbonyl (C=O) groups excluding carboxylic acids is 1. The van der Waals surface area contributed by atoms with Gasteiger partial charge in [0.15, 0.2) is 0 Å². The molecule has 4 nitrogen and oxygen atoms in total. The van der Waals surface area contributed by atoms with E-state index in [1.54, 1.807) is 0 Å². The number of carbonyl (C=O) groups is 1. The first-order chi connectivity index (χ1) is 6.81. The summed E-state index contributed by atoms with van der Waals surface area (Å²) in [5, 5.41) is 12.1. The summed E-state index contributed by atoms with van der Waals surface area (Å²) in [6.07, 6.45) is 2.51. The van der Waals surface area contributed by atoms with Crippen LogP contribution in [0.15, 0.2) is 0 Å². The van der Waals surface area contributed by atoms with Gasteiger partial charge in [-0.1, -0.05) is 15.9 Å². The van der Waals surface area contributed by atoms with Crippen molar-refractivity contribution in [1.29, 1.82) is 0 Å². The molecule has 0 unspecified atom stereocenters. The Hall–Kier alpha value is -0.130. The first-order valence-electron chi connectivity index (χ1n) is 4.82. The van der Waals surface area contributed by atoms with Crippen LogP contribution in [0.1, 0.15) is 19.3 Å². The summed E-state index contributed by atoms with van der Waals surface area (Å²) in [5.41, 5.74) is 0. The summed E-state index contributed by atoms with van der Waals surface area (Å²) < 4.78 is 4.99. The molecule has 2 N–H and O–H groups in total. The van der Waals surface area contributed by atoms with E-state index in [9.17, 15) is 4.79 Å². The van der Waals surface area contributed by atoms with Crippen molar-refractivity contribution in [2.75, 3.05) is 31.7 Å². The molecule has 0 aromatic rings. The van der Waals surface area contributed by atoms with Crippen molar-refractivity contribution < 1.29 is 14.6 Å². The van der Waals surface area contributed by atoms with Gasteiger partial charge >= 0.3 is 0 Å². The highest BCUT2D eigenvalue weighted by Crippen LogP contribution is 1.97. The highest BCUT2D eigenvalue weighted by Gasteiger charge is 1.99. The molecular weight excluding hydrogens is 250 g/mol. The Morgan fingerprint density at radius 3 is 2.79 bits per heavy atom. The summed E-state index contributed by atoms with van der Waals surface area (Å²) in [6.45, 7) is 1.34. The predicted molar refractivity (Wildman–Crippen MR) is 58.6 cm³/mol. The average molecular weight is 268 g/mol. The van der Waals surface area contributed by atoms with Crippen LogP contribution in [0.4, 0.5) is 0 Å². The van der Waals surface area contributed by atoms with Crippen molar-refractivity contribution in [2.24, 2.45) is 0 Å². The number of ether oxygens (including phenoxy) is 1. The molecule has 0 aromatic heterocycles. The second kappa shape index (κ2) is 10.9. The third kappa shape index (κ3) is 9.95. The quantitative estimate of drug-likeness (QED) is 0.477. The molecule has 0 heterocycles. The highest BCUT2D eigenvalue weighted by atomic mass is 79.9. The van der Waals surface area contributed by atoms with Gasteiger partial charge in [0, 0.05) is 18.3 Å². The lowest BCUT2D eigenvalue weighted by atomic mass is 10.2. The van der Waals surface area contributed by atoms with Crippen LogP contribution in [0.2, 0.25) is 0 Å². The maximum absolute atomic E-state index is 11.1. The van der Waals surface area contributed by atoms with Crippen molar-refractivity contribution in [1.82, 2.24) is 5.32 Å². The Morgan fingerprint density at radius 1 is 1.36 bits per heavy atom. The number of hydrogen-bond acceptors (Lipinski definition) is 3. The maximum Gasteiger partial charge on any atom is 0.220 e. The van der Waals surface area contributed by atoms with Crippen molar-refractivity contribution >= 4 is 21.8 Å². The van der Waals surface area contributed by atoms with E-state index in [0.717, 1.165) is 18.2 Å². The number of alkyl halides is 1. The highest BCUT2D eigenvalue weighted by molar-refractivity contribution is 9.09. The second-order valence-corrected chi connectivity index (χ2v) is 3.63. The van der Waals surface area contributed by atoms with Crippen LogP contribution in [0.3, 0.4) is 0 Å². The number of halogens is 1. The molecule has 0 rings (SSSR count). The van der Waals surface area contributed by atoms with Crippen LogP contribution in [0.25, 0.3) is 0 Å². The van der Waals surface area contributed by atoms with Gasteiger partial charge < -0.3 is 15.2 Å². The summed E-state index contributed by atoms with van der Waals surface area (Å²) in [6, 6.07) is 0. The zero-order valence-electron chi connectivity index (χ0n) is 8.30. The third-order valence-corrected chi connectivity index (χ3v) is 2.15. The summed E-state index contributed by atoms with van der Waals surface area (Å²) in [4.78, 5) is 11.1. The van der Waals surface area contributed by atoms with Gasteiger partial charge in [-0.3, -0.25) is 4.79 Å². The molecule has 0 aliphatic carbocycles. The molecule has 84 valence electrons. The molecule has 0 aromatic carbocycles. The normalized spacial score (nSPS) is 10.1. The van der Waals surface area contributed by atoms with Crippen molar-refractivity contribution in [3.8, 4) is 0 Å². The van der Waals surface area contributed by atoms with Gasteiger partial charge in [0.05, 0.1) is 19.8 Å². The van der Waals surface area contributed by atoms with Crippen LogP contribution >= 0.6 is 15.9 Å². The lowest BCUT2D eigenvalue weighted by molar-refractivity contribution is -0.121. The van der Waals surface area contributed by atoms with Gasteiger partial charge in [-0.25, -0.2) is 0 Å². The number of hydrogen-bond donors (Lipinski definition) is 2. The lowest BCUT2D eigenvalue weighted by Crippen LogP contribution is -2.27. The van der Waals surface area contributed by atoms with Gasteiger partial charge in [0.2, 0.25) is 5.91 Å². The molecule has 0 fully saturated rings. The van der Waals surface area contributed by atoms with E-state index >= 15 is 0 Å². The van der Waals surface area contributed by atoms with E-state index in [2.05, 4.69) is 21.2 Å². The van der Waals surface area contributed by atoms with Gasteiger partial charge in [-0.05, 0) is 12.8 Å². The van der Waals surface area contributed by atoms with E-state index in [1.165, 1.54) is 0 Å². The molecule has 1 amide bonds. The first-order valence-corrected chi connectivity index (χ1v) is 5.94. The lowest BCUT2D eigenvalue weighted by Gasteiger charge is -2.04. The molecule has 0 saturated carbocycles. The minimum absolute atomic E-state index is 0.0270. The minimum atomic E-state index is 0.0270. The topological polar surface area (TPSA) is 58.6 Å². The SMILES string of the molecule is O=C(CCCCBr)NCCOCCO. The molecule has 0 radical (unpaired) electrons. The second-order valence-electron chi connectivity index (χ2n) is 2.83. The smallest absolute Gasteiger partial charge is 0.220 e. The molecule has 0 aliphatic heterocycles. The largest absolute Gasteiger partial charge is 0.394 e. The predicted octanol–water partition coefficient (Wildman–Crippen LogP) is 0.677. The molecular formula is C9H18BrNO3. The number of nitrogens with one attached hydrogen (secondary N) is 1.